The van der Waals surface area contributed by atoms with Gasteiger partial charge in [0.2, 0.25) is 0 Å². The molecule has 0 radical (unpaired) electrons. The molecule has 0 aliphatic rings. The van der Waals surface area contributed by atoms with Crippen LogP contribution in [0.15, 0.2) is 53.3 Å². The fourth-order valence-electron chi connectivity index (χ4n) is 2.83. The van der Waals surface area contributed by atoms with Crippen LogP contribution in [-0.2, 0) is 17.7 Å². The minimum Gasteiger partial charge on any atom is -0.462 e. The van der Waals surface area contributed by atoms with Crippen molar-refractivity contribution >= 4 is 55.6 Å². The summed E-state index contributed by atoms with van der Waals surface area (Å²) in [4.78, 5) is 13.5. The highest BCUT2D eigenvalue weighted by molar-refractivity contribution is 9.10. The number of nitrogens with one attached hydrogen (secondary N) is 2. The summed E-state index contributed by atoms with van der Waals surface area (Å²) in [6.07, 6.45) is 5.31. The molecule has 0 fully saturated rings. The number of aromatic nitrogens is 2. The summed E-state index contributed by atoms with van der Waals surface area (Å²) in [7, 11) is 0. The average Bonchev–Trinajstić information content (AvgIpc) is 3.32. The standard InChI is InChI=1S/C21H23BrN4O2S2/c1-2-28-20(27)18-12-17(11-15-7-4-3-5-8-15)30-19(18)25-21(29)23-9-6-10-26-14-16(22)13-24-26/h3-5,7-8,12-14H,2,6,9-11H2,1H3,(H2,23,25,29). The number of nitrogens with zero attached hydrogens (tertiary/aromatic N) is 2. The van der Waals surface area contributed by atoms with Gasteiger partial charge in [-0.15, -0.1) is 11.3 Å². The van der Waals surface area contributed by atoms with Gasteiger partial charge in [-0.05, 0) is 53.1 Å². The molecule has 0 bridgehead atoms. The van der Waals surface area contributed by atoms with E-state index in [0.717, 1.165) is 28.7 Å². The van der Waals surface area contributed by atoms with E-state index in [2.05, 4.69) is 43.8 Å². The number of hydrogen-bond donors (Lipinski definition) is 2. The fourth-order valence-corrected chi connectivity index (χ4v) is 4.51. The lowest BCUT2D eigenvalue weighted by molar-refractivity contribution is 0.0528. The Balaban J connectivity index is 1.59. The SMILES string of the molecule is CCOC(=O)c1cc(Cc2ccccc2)sc1NC(=S)NCCCn1cc(Br)cn1. The van der Waals surface area contributed by atoms with E-state index in [9.17, 15) is 4.79 Å². The summed E-state index contributed by atoms with van der Waals surface area (Å²) in [6.45, 7) is 3.61. The maximum absolute atomic E-state index is 12.4. The second kappa shape index (κ2) is 11.2. The number of rotatable bonds is 9. The van der Waals surface area contributed by atoms with Gasteiger partial charge in [-0.2, -0.15) is 5.10 Å². The molecule has 0 unspecified atom stereocenters. The second-order valence-corrected chi connectivity index (χ2v) is 8.96. The normalized spacial score (nSPS) is 10.6. The maximum atomic E-state index is 12.4. The highest BCUT2D eigenvalue weighted by atomic mass is 79.9. The fraction of sp³-hybridized carbons (Fsp3) is 0.286. The number of benzene rings is 1. The van der Waals surface area contributed by atoms with E-state index in [1.54, 1.807) is 13.1 Å². The number of esters is 1. The second-order valence-electron chi connectivity index (χ2n) is 6.49. The van der Waals surface area contributed by atoms with Crippen LogP contribution in [0.3, 0.4) is 0 Å². The quantitative estimate of drug-likeness (QED) is 0.245. The lowest BCUT2D eigenvalue weighted by Crippen LogP contribution is -2.30. The number of ether oxygens (including phenoxy) is 1. The number of halogens is 1. The van der Waals surface area contributed by atoms with Crippen molar-refractivity contribution in [1.29, 1.82) is 0 Å². The third-order valence-electron chi connectivity index (χ3n) is 4.18. The minimum atomic E-state index is -0.345. The van der Waals surface area contributed by atoms with E-state index >= 15 is 0 Å². The molecule has 9 heteroatoms. The number of hydrogen-bond acceptors (Lipinski definition) is 5. The van der Waals surface area contributed by atoms with Gasteiger partial charge in [-0.1, -0.05) is 30.3 Å². The van der Waals surface area contributed by atoms with Crippen molar-refractivity contribution in [3.8, 4) is 0 Å². The maximum Gasteiger partial charge on any atom is 0.341 e. The number of thiophene rings is 1. The zero-order valence-electron chi connectivity index (χ0n) is 16.6. The minimum absolute atomic E-state index is 0.328. The zero-order chi connectivity index (χ0) is 21.3. The van der Waals surface area contributed by atoms with Crippen molar-refractivity contribution < 1.29 is 9.53 Å². The molecule has 0 saturated carbocycles. The molecular weight excluding hydrogens is 484 g/mol. The summed E-state index contributed by atoms with van der Waals surface area (Å²) in [6, 6.07) is 12.0. The van der Waals surface area contributed by atoms with Gasteiger partial charge in [-0.3, -0.25) is 4.68 Å². The summed E-state index contributed by atoms with van der Waals surface area (Å²) < 4.78 is 8.05. The van der Waals surface area contributed by atoms with Gasteiger partial charge in [-0.25, -0.2) is 4.79 Å². The predicted octanol–water partition coefficient (Wildman–Crippen LogP) is 4.85. The summed E-state index contributed by atoms with van der Waals surface area (Å²) in [5.41, 5.74) is 1.70. The van der Waals surface area contributed by atoms with Crippen LogP contribution in [0.4, 0.5) is 5.00 Å². The lowest BCUT2D eigenvalue weighted by Gasteiger charge is -2.10. The lowest BCUT2D eigenvalue weighted by atomic mass is 10.1. The number of carbonyl (C=O) groups is 1. The van der Waals surface area contributed by atoms with Crippen molar-refractivity contribution in [2.45, 2.75) is 26.3 Å². The molecule has 2 aromatic heterocycles. The molecule has 158 valence electrons. The van der Waals surface area contributed by atoms with E-state index < -0.39 is 0 Å². The van der Waals surface area contributed by atoms with Crippen LogP contribution in [0.2, 0.25) is 0 Å². The Hall–Kier alpha value is -2.23. The van der Waals surface area contributed by atoms with Crippen LogP contribution < -0.4 is 10.6 Å². The summed E-state index contributed by atoms with van der Waals surface area (Å²) in [5.74, 6) is -0.345. The third-order valence-corrected chi connectivity index (χ3v) is 5.88. The molecule has 0 saturated heterocycles. The van der Waals surface area contributed by atoms with Crippen LogP contribution in [0.1, 0.15) is 34.1 Å². The molecule has 0 aliphatic carbocycles. The van der Waals surface area contributed by atoms with Gasteiger partial charge < -0.3 is 15.4 Å². The Bertz CT molecular complexity index is 988. The van der Waals surface area contributed by atoms with Crippen LogP contribution >= 0.6 is 39.5 Å². The molecule has 2 heterocycles. The van der Waals surface area contributed by atoms with Gasteiger partial charge in [0.25, 0.3) is 0 Å². The first-order chi connectivity index (χ1) is 14.5. The van der Waals surface area contributed by atoms with Crippen LogP contribution in [0.25, 0.3) is 0 Å². The molecule has 6 nitrogen and oxygen atoms in total. The van der Waals surface area contributed by atoms with E-state index in [0.29, 0.717) is 28.8 Å². The van der Waals surface area contributed by atoms with Crippen LogP contribution in [0.5, 0.6) is 0 Å². The van der Waals surface area contributed by atoms with E-state index in [-0.39, 0.29) is 5.97 Å². The molecule has 2 N–H and O–H groups in total. The predicted molar refractivity (Wildman–Crippen MR) is 128 cm³/mol. The Kier molecular flexibility index (Phi) is 8.41. The number of thiocarbonyl (C=S) groups is 1. The molecule has 0 atom stereocenters. The highest BCUT2D eigenvalue weighted by Gasteiger charge is 2.18. The Morgan fingerprint density at radius 3 is 2.83 bits per heavy atom. The van der Waals surface area contributed by atoms with Crippen molar-refractivity contribution in [2.75, 3.05) is 18.5 Å². The van der Waals surface area contributed by atoms with Crippen molar-refractivity contribution in [3.63, 3.8) is 0 Å². The molecule has 30 heavy (non-hydrogen) atoms. The van der Waals surface area contributed by atoms with Crippen molar-refractivity contribution in [2.24, 2.45) is 0 Å². The van der Waals surface area contributed by atoms with Crippen molar-refractivity contribution in [3.05, 3.63) is 69.3 Å². The number of anilines is 1. The van der Waals surface area contributed by atoms with Gasteiger partial charge in [0.1, 0.15) is 5.00 Å². The molecule has 3 aromatic rings. The zero-order valence-corrected chi connectivity index (χ0v) is 19.8. The van der Waals surface area contributed by atoms with E-state index in [1.165, 1.54) is 16.9 Å². The van der Waals surface area contributed by atoms with E-state index in [1.807, 2.05) is 35.1 Å². The van der Waals surface area contributed by atoms with Gasteiger partial charge in [0, 0.05) is 30.6 Å². The monoisotopic (exact) mass is 506 g/mol. The van der Waals surface area contributed by atoms with Gasteiger partial charge >= 0.3 is 5.97 Å². The molecule has 0 aliphatic heterocycles. The van der Waals surface area contributed by atoms with Gasteiger partial charge in [0.05, 0.1) is 22.8 Å². The van der Waals surface area contributed by atoms with Gasteiger partial charge in [0.15, 0.2) is 5.11 Å². The molecule has 0 amide bonds. The first-order valence-corrected chi connectivity index (χ1v) is 11.6. The summed E-state index contributed by atoms with van der Waals surface area (Å²) in [5, 5.41) is 11.8. The highest BCUT2D eigenvalue weighted by Crippen LogP contribution is 2.30. The Morgan fingerprint density at radius 1 is 1.33 bits per heavy atom. The topological polar surface area (TPSA) is 68.2 Å². The summed E-state index contributed by atoms with van der Waals surface area (Å²) >= 11 is 10.3. The molecular formula is C21H23BrN4O2S2. The smallest absolute Gasteiger partial charge is 0.341 e. The van der Waals surface area contributed by atoms with Crippen LogP contribution in [-0.4, -0.2) is 34.0 Å². The first kappa shape index (κ1) is 22.5. The largest absolute Gasteiger partial charge is 0.462 e. The first-order valence-electron chi connectivity index (χ1n) is 9.61. The Morgan fingerprint density at radius 2 is 2.13 bits per heavy atom. The molecule has 3 rings (SSSR count). The molecule has 0 spiro atoms. The molecule has 1 aromatic carbocycles. The van der Waals surface area contributed by atoms with E-state index in [4.69, 9.17) is 17.0 Å². The van der Waals surface area contributed by atoms with Crippen molar-refractivity contribution in [1.82, 2.24) is 15.1 Å². The van der Waals surface area contributed by atoms with Crippen LogP contribution in [0, 0.1) is 0 Å². The average molecular weight is 507 g/mol. The number of carbonyl (C=O) groups excluding carboxylic acids is 1. The third kappa shape index (κ3) is 6.65. The Labute approximate surface area is 193 Å². The number of aryl methyl sites for hydroxylation is 1.